The molecule has 3 N–H and O–H groups in total. The fourth-order valence-electron chi connectivity index (χ4n) is 2.34. The minimum atomic E-state index is -1.09. The van der Waals surface area contributed by atoms with Gasteiger partial charge in [0.2, 0.25) is 0 Å². The SMILES string of the molecule is CSc1ncnc2c([C@H]3O[C@H](CO)[C@@H](O)[C@H]3O)scc12. The highest BCUT2D eigenvalue weighted by Gasteiger charge is 2.44. The van der Waals surface area contributed by atoms with E-state index in [9.17, 15) is 10.2 Å². The number of ether oxygens (including phenoxy) is 1. The van der Waals surface area contributed by atoms with Crippen LogP contribution in [0.25, 0.3) is 10.9 Å². The molecule has 0 unspecified atom stereocenters. The highest BCUT2D eigenvalue weighted by atomic mass is 32.2. The third-order valence-electron chi connectivity index (χ3n) is 3.38. The molecule has 8 heteroatoms. The molecule has 1 saturated heterocycles. The second-order valence-electron chi connectivity index (χ2n) is 4.50. The van der Waals surface area contributed by atoms with Gasteiger partial charge in [0.15, 0.2) is 0 Å². The molecule has 4 atom stereocenters. The van der Waals surface area contributed by atoms with E-state index in [1.165, 1.54) is 29.4 Å². The summed E-state index contributed by atoms with van der Waals surface area (Å²) in [4.78, 5) is 9.20. The first-order chi connectivity index (χ1) is 9.67. The molecule has 1 aliphatic rings. The summed E-state index contributed by atoms with van der Waals surface area (Å²) in [6.45, 7) is -0.330. The molecule has 1 aliphatic heterocycles. The van der Waals surface area contributed by atoms with Crippen molar-refractivity contribution in [1.82, 2.24) is 9.97 Å². The van der Waals surface area contributed by atoms with Crippen LogP contribution in [-0.4, -0.2) is 56.5 Å². The van der Waals surface area contributed by atoms with E-state index >= 15 is 0 Å². The number of hydrogen-bond donors (Lipinski definition) is 3. The van der Waals surface area contributed by atoms with E-state index < -0.39 is 24.4 Å². The molecule has 108 valence electrons. The molecule has 3 rings (SSSR count). The van der Waals surface area contributed by atoms with Crippen molar-refractivity contribution in [2.75, 3.05) is 12.9 Å². The first kappa shape index (κ1) is 14.2. The maximum Gasteiger partial charge on any atom is 0.123 e. The van der Waals surface area contributed by atoms with E-state index in [0.717, 1.165) is 20.8 Å². The lowest BCUT2D eigenvalue weighted by Gasteiger charge is -2.13. The van der Waals surface area contributed by atoms with Gasteiger partial charge in [0, 0.05) is 10.8 Å². The Bertz CT molecular complexity index is 621. The van der Waals surface area contributed by atoms with Crippen LogP contribution >= 0.6 is 23.1 Å². The van der Waals surface area contributed by atoms with Gasteiger partial charge in [-0.05, 0) is 6.26 Å². The minimum absolute atomic E-state index is 0.330. The van der Waals surface area contributed by atoms with Crippen molar-refractivity contribution in [1.29, 1.82) is 0 Å². The average Bonchev–Trinajstić information content (AvgIpc) is 3.01. The smallest absolute Gasteiger partial charge is 0.123 e. The van der Waals surface area contributed by atoms with Crippen molar-refractivity contribution in [2.24, 2.45) is 0 Å². The van der Waals surface area contributed by atoms with Crippen LogP contribution in [0, 0.1) is 0 Å². The number of hydrogen-bond acceptors (Lipinski definition) is 8. The molecule has 2 aromatic rings. The molecular weight excluding hydrogens is 300 g/mol. The Hall–Kier alpha value is -0.770. The monoisotopic (exact) mass is 314 g/mol. The van der Waals surface area contributed by atoms with Crippen molar-refractivity contribution in [3.05, 3.63) is 16.6 Å². The van der Waals surface area contributed by atoms with Gasteiger partial charge in [0.05, 0.1) is 17.0 Å². The van der Waals surface area contributed by atoms with Gasteiger partial charge in [-0.2, -0.15) is 0 Å². The van der Waals surface area contributed by atoms with Gasteiger partial charge in [-0.1, -0.05) is 0 Å². The van der Waals surface area contributed by atoms with E-state index in [2.05, 4.69) is 9.97 Å². The molecule has 0 saturated carbocycles. The molecule has 0 spiro atoms. The van der Waals surface area contributed by atoms with Gasteiger partial charge in [-0.3, -0.25) is 0 Å². The summed E-state index contributed by atoms with van der Waals surface area (Å²) in [5.74, 6) is 0. The molecular formula is C12H14N2O4S2. The first-order valence-electron chi connectivity index (χ1n) is 6.06. The minimum Gasteiger partial charge on any atom is -0.394 e. The predicted octanol–water partition coefficient (Wildman–Crippen LogP) is 0.567. The lowest BCUT2D eigenvalue weighted by molar-refractivity contribution is -0.0214. The van der Waals surface area contributed by atoms with E-state index in [1.54, 1.807) is 0 Å². The number of aliphatic hydroxyl groups is 3. The molecule has 1 fully saturated rings. The van der Waals surface area contributed by atoms with Gasteiger partial charge < -0.3 is 20.1 Å². The third-order valence-corrected chi connectivity index (χ3v) is 5.12. The number of aromatic nitrogens is 2. The van der Waals surface area contributed by atoms with Crippen molar-refractivity contribution >= 4 is 34.0 Å². The quantitative estimate of drug-likeness (QED) is 0.563. The second kappa shape index (κ2) is 5.55. The molecule has 0 radical (unpaired) electrons. The third kappa shape index (κ3) is 2.12. The molecule has 0 amide bonds. The molecule has 0 aliphatic carbocycles. The molecule has 20 heavy (non-hydrogen) atoms. The average molecular weight is 314 g/mol. The van der Waals surface area contributed by atoms with Crippen molar-refractivity contribution in [2.45, 2.75) is 29.4 Å². The number of thioether (sulfide) groups is 1. The zero-order chi connectivity index (χ0) is 14.3. The van der Waals surface area contributed by atoms with Crippen LogP contribution in [0.2, 0.25) is 0 Å². The number of nitrogens with zero attached hydrogens (tertiary/aromatic N) is 2. The van der Waals surface area contributed by atoms with Gasteiger partial charge in [-0.15, -0.1) is 23.1 Å². The van der Waals surface area contributed by atoms with Gasteiger partial charge in [0.1, 0.15) is 35.8 Å². The molecule has 6 nitrogen and oxygen atoms in total. The Morgan fingerprint density at radius 1 is 1.35 bits per heavy atom. The van der Waals surface area contributed by atoms with Crippen LogP contribution in [-0.2, 0) is 4.74 Å². The Labute approximate surface area is 123 Å². The van der Waals surface area contributed by atoms with E-state index in [-0.39, 0.29) is 6.61 Å². The van der Waals surface area contributed by atoms with Gasteiger partial charge in [-0.25, -0.2) is 9.97 Å². The predicted molar refractivity (Wildman–Crippen MR) is 75.9 cm³/mol. The van der Waals surface area contributed by atoms with Crippen LogP contribution in [0.15, 0.2) is 16.7 Å². The number of rotatable bonds is 3. The van der Waals surface area contributed by atoms with Gasteiger partial charge >= 0.3 is 0 Å². The zero-order valence-corrected chi connectivity index (χ0v) is 12.3. The fourth-order valence-corrected chi connectivity index (χ4v) is 4.02. The molecule has 3 heterocycles. The number of aliphatic hydroxyl groups excluding tert-OH is 3. The standard InChI is InChI=1S/C12H14N2O4S2/c1-19-12-5-3-20-11(7(5)13-4-14-12)10-9(17)8(16)6(2-15)18-10/h3-4,6,8-10,15-17H,2H2,1H3/t6-,8-,9-,10+/m1/s1. The van der Waals surface area contributed by atoms with Crippen LogP contribution in [0.3, 0.4) is 0 Å². The first-order valence-corrected chi connectivity index (χ1v) is 8.16. The maximum absolute atomic E-state index is 10.1. The maximum atomic E-state index is 10.1. The Kier molecular flexibility index (Phi) is 3.93. The summed E-state index contributed by atoms with van der Waals surface area (Å²) in [5, 5.41) is 32.8. The Morgan fingerprint density at radius 2 is 2.15 bits per heavy atom. The van der Waals surface area contributed by atoms with Crippen molar-refractivity contribution in [3.63, 3.8) is 0 Å². The van der Waals surface area contributed by atoms with Crippen LogP contribution in [0.1, 0.15) is 11.0 Å². The Morgan fingerprint density at radius 3 is 2.80 bits per heavy atom. The number of fused-ring (bicyclic) bond motifs is 1. The van der Waals surface area contributed by atoms with Crippen LogP contribution in [0.5, 0.6) is 0 Å². The summed E-state index contributed by atoms with van der Waals surface area (Å²) in [7, 11) is 0. The highest BCUT2D eigenvalue weighted by Crippen LogP contribution is 2.41. The highest BCUT2D eigenvalue weighted by molar-refractivity contribution is 7.98. The summed E-state index contributed by atoms with van der Waals surface area (Å²) in [5.41, 5.74) is 0.726. The van der Waals surface area contributed by atoms with Crippen molar-refractivity contribution < 1.29 is 20.1 Å². The van der Waals surface area contributed by atoms with E-state index in [4.69, 9.17) is 9.84 Å². The summed E-state index contributed by atoms with van der Waals surface area (Å²) < 4.78 is 5.55. The Balaban J connectivity index is 2.03. The topological polar surface area (TPSA) is 95.7 Å². The van der Waals surface area contributed by atoms with Crippen LogP contribution < -0.4 is 0 Å². The molecule has 0 bridgehead atoms. The lowest BCUT2D eigenvalue weighted by Crippen LogP contribution is -2.32. The fraction of sp³-hybridized carbons (Fsp3) is 0.500. The zero-order valence-electron chi connectivity index (χ0n) is 10.6. The number of thiophene rings is 1. The van der Waals surface area contributed by atoms with E-state index in [0.29, 0.717) is 0 Å². The van der Waals surface area contributed by atoms with Crippen molar-refractivity contribution in [3.8, 4) is 0 Å². The van der Waals surface area contributed by atoms with E-state index in [1.807, 2.05) is 11.6 Å². The summed E-state index contributed by atoms with van der Waals surface area (Å²) >= 11 is 2.94. The normalized spacial score (nSPS) is 30.2. The molecule has 2 aromatic heterocycles. The largest absolute Gasteiger partial charge is 0.394 e. The summed E-state index contributed by atoms with van der Waals surface area (Å²) in [6.07, 6.45) is -0.189. The lowest BCUT2D eigenvalue weighted by atomic mass is 10.1. The molecule has 0 aromatic carbocycles. The second-order valence-corrected chi connectivity index (χ2v) is 6.21. The van der Waals surface area contributed by atoms with Gasteiger partial charge in [0.25, 0.3) is 0 Å². The van der Waals surface area contributed by atoms with Crippen LogP contribution in [0.4, 0.5) is 0 Å². The summed E-state index contributed by atoms with van der Waals surface area (Å²) in [6, 6.07) is 0.